The van der Waals surface area contributed by atoms with Gasteiger partial charge in [-0.3, -0.25) is 9.59 Å². The monoisotopic (exact) mass is 304 g/mol. The summed E-state index contributed by atoms with van der Waals surface area (Å²) in [6, 6.07) is 7.80. The third-order valence-electron chi connectivity index (χ3n) is 4.01. The maximum absolute atomic E-state index is 12.5. The van der Waals surface area contributed by atoms with Crippen LogP contribution in [-0.2, 0) is 9.53 Å². The summed E-state index contributed by atoms with van der Waals surface area (Å²) < 4.78 is 4.86. The van der Waals surface area contributed by atoms with Crippen molar-refractivity contribution in [3.8, 4) is 0 Å². The van der Waals surface area contributed by atoms with E-state index in [0.29, 0.717) is 37.7 Å². The van der Waals surface area contributed by atoms with Crippen molar-refractivity contribution in [1.82, 2.24) is 9.80 Å². The van der Waals surface area contributed by atoms with E-state index in [0.717, 1.165) is 0 Å². The molecule has 0 atom stereocenters. The molecule has 0 aliphatic carbocycles. The van der Waals surface area contributed by atoms with E-state index in [4.69, 9.17) is 4.74 Å². The van der Waals surface area contributed by atoms with Crippen molar-refractivity contribution in [2.45, 2.75) is 19.8 Å². The molecule has 120 valence electrons. The van der Waals surface area contributed by atoms with Crippen molar-refractivity contribution in [3.63, 3.8) is 0 Å². The van der Waals surface area contributed by atoms with E-state index in [9.17, 15) is 9.59 Å². The second kappa shape index (κ2) is 7.40. The zero-order valence-corrected chi connectivity index (χ0v) is 13.5. The van der Waals surface area contributed by atoms with Crippen LogP contribution in [0, 0.1) is 0 Å². The number of piperazine rings is 1. The molecule has 0 aromatic heterocycles. The topological polar surface area (TPSA) is 49.9 Å². The molecule has 1 heterocycles. The van der Waals surface area contributed by atoms with Gasteiger partial charge >= 0.3 is 0 Å². The smallest absolute Gasteiger partial charge is 0.253 e. The van der Waals surface area contributed by atoms with Crippen molar-refractivity contribution >= 4 is 11.8 Å². The van der Waals surface area contributed by atoms with Gasteiger partial charge in [0.15, 0.2) is 0 Å². The number of rotatable bonds is 4. The van der Waals surface area contributed by atoms with Crippen LogP contribution in [0.3, 0.4) is 0 Å². The van der Waals surface area contributed by atoms with Gasteiger partial charge in [-0.1, -0.05) is 26.0 Å². The molecule has 0 N–H and O–H groups in total. The number of ether oxygens (including phenoxy) is 1. The number of benzene rings is 1. The zero-order valence-electron chi connectivity index (χ0n) is 13.5. The van der Waals surface area contributed by atoms with E-state index < -0.39 is 0 Å². The molecule has 2 rings (SSSR count). The maximum atomic E-state index is 12.5. The van der Waals surface area contributed by atoms with Gasteiger partial charge in [0.25, 0.3) is 5.91 Å². The number of hydrogen-bond acceptors (Lipinski definition) is 3. The first-order valence-electron chi connectivity index (χ1n) is 7.69. The minimum Gasteiger partial charge on any atom is -0.375 e. The largest absolute Gasteiger partial charge is 0.375 e. The van der Waals surface area contributed by atoms with E-state index in [1.165, 1.54) is 12.7 Å². The lowest BCUT2D eigenvalue weighted by Gasteiger charge is -2.34. The predicted octanol–water partition coefficient (Wildman–Crippen LogP) is 1.74. The Morgan fingerprint density at radius 1 is 1.05 bits per heavy atom. The molecule has 1 saturated heterocycles. The SMILES string of the molecule is COCC(=O)N1CCN(C(=O)c2ccc(C(C)C)cc2)CC1. The van der Waals surface area contributed by atoms with Crippen LogP contribution < -0.4 is 0 Å². The van der Waals surface area contributed by atoms with Crippen molar-refractivity contribution in [3.05, 3.63) is 35.4 Å². The van der Waals surface area contributed by atoms with Crippen LogP contribution in [0.2, 0.25) is 0 Å². The normalized spacial score (nSPS) is 15.3. The van der Waals surface area contributed by atoms with Gasteiger partial charge in [-0.25, -0.2) is 0 Å². The summed E-state index contributed by atoms with van der Waals surface area (Å²) >= 11 is 0. The molecule has 2 amide bonds. The Kier molecular flexibility index (Phi) is 5.55. The molecule has 0 bridgehead atoms. The molecule has 1 aromatic rings. The van der Waals surface area contributed by atoms with Crippen molar-refractivity contribution in [2.24, 2.45) is 0 Å². The van der Waals surface area contributed by atoms with Gasteiger partial charge in [-0.2, -0.15) is 0 Å². The van der Waals surface area contributed by atoms with Crippen molar-refractivity contribution in [1.29, 1.82) is 0 Å². The summed E-state index contributed by atoms with van der Waals surface area (Å²) in [5, 5.41) is 0. The average molecular weight is 304 g/mol. The maximum Gasteiger partial charge on any atom is 0.253 e. The minimum atomic E-state index is -0.0177. The average Bonchev–Trinajstić information content (AvgIpc) is 2.54. The van der Waals surface area contributed by atoms with Crippen LogP contribution in [0.1, 0.15) is 35.7 Å². The van der Waals surface area contributed by atoms with E-state index >= 15 is 0 Å². The molecule has 5 nitrogen and oxygen atoms in total. The highest BCUT2D eigenvalue weighted by molar-refractivity contribution is 5.94. The van der Waals surface area contributed by atoms with E-state index in [1.807, 2.05) is 24.3 Å². The number of amides is 2. The quantitative estimate of drug-likeness (QED) is 0.851. The highest BCUT2D eigenvalue weighted by Gasteiger charge is 2.24. The Morgan fingerprint density at radius 2 is 1.59 bits per heavy atom. The van der Waals surface area contributed by atoms with Crippen molar-refractivity contribution in [2.75, 3.05) is 39.9 Å². The van der Waals surface area contributed by atoms with Crippen LogP contribution in [0.5, 0.6) is 0 Å². The molecular weight excluding hydrogens is 280 g/mol. The number of methoxy groups -OCH3 is 1. The fourth-order valence-corrected chi connectivity index (χ4v) is 2.57. The molecule has 1 fully saturated rings. The highest BCUT2D eigenvalue weighted by Crippen LogP contribution is 2.16. The van der Waals surface area contributed by atoms with Crippen LogP contribution in [0.4, 0.5) is 0 Å². The van der Waals surface area contributed by atoms with Gasteiger partial charge in [0.1, 0.15) is 6.61 Å². The fourth-order valence-electron chi connectivity index (χ4n) is 2.57. The first kappa shape index (κ1) is 16.5. The predicted molar refractivity (Wildman–Crippen MR) is 84.9 cm³/mol. The summed E-state index contributed by atoms with van der Waals surface area (Å²) in [4.78, 5) is 27.8. The van der Waals surface area contributed by atoms with Gasteiger partial charge < -0.3 is 14.5 Å². The lowest BCUT2D eigenvalue weighted by atomic mass is 10.0. The molecule has 22 heavy (non-hydrogen) atoms. The molecule has 1 aromatic carbocycles. The first-order valence-corrected chi connectivity index (χ1v) is 7.69. The molecule has 0 radical (unpaired) electrons. The van der Waals surface area contributed by atoms with E-state index in [1.54, 1.807) is 9.80 Å². The standard InChI is InChI=1S/C17H24N2O3/c1-13(2)14-4-6-15(7-5-14)17(21)19-10-8-18(9-11-19)16(20)12-22-3/h4-7,13H,8-12H2,1-3H3. The molecule has 0 unspecified atom stereocenters. The summed E-state index contributed by atoms with van der Waals surface area (Å²) in [5.74, 6) is 0.476. The van der Waals surface area contributed by atoms with E-state index in [-0.39, 0.29) is 18.4 Å². The number of carbonyl (C=O) groups is 2. The van der Waals surface area contributed by atoms with Gasteiger partial charge in [0.2, 0.25) is 5.91 Å². The Labute approximate surface area is 131 Å². The van der Waals surface area contributed by atoms with Gasteiger partial charge in [0, 0.05) is 38.9 Å². The second-order valence-electron chi connectivity index (χ2n) is 5.88. The van der Waals surface area contributed by atoms with Gasteiger partial charge in [0.05, 0.1) is 0 Å². The summed E-state index contributed by atoms with van der Waals surface area (Å²) in [5.41, 5.74) is 1.94. The lowest BCUT2D eigenvalue weighted by molar-refractivity contribution is -0.136. The number of carbonyl (C=O) groups excluding carboxylic acids is 2. The van der Waals surface area contributed by atoms with Crippen LogP contribution in [0.25, 0.3) is 0 Å². The molecule has 1 aliphatic heterocycles. The van der Waals surface area contributed by atoms with Crippen molar-refractivity contribution < 1.29 is 14.3 Å². The molecular formula is C17H24N2O3. The molecule has 1 aliphatic rings. The molecule has 0 saturated carbocycles. The van der Waals surface area contributed by atoms with Gasteiger partial charge in [-0.05, 0) is 23.6 Å². The highest BCUT2D eigenvalue weighted by atomic mass is 16.5. The summed E-state index contributed by atoms with van der Waals surface area (Å²) in [6.45, 7) is 6.64. The Bertz CT molecular complexity index is 517. The molecule has 0 spiro atoms. The zero-order chi connectivity index (χ0) is 16.1. The Morgan fingerprint density at radius 3 is 2.09 bits per heavy atom. The third kappa shape index (κ3) is 3.85. The van der Waals surface area contributed by atoms with Gasteiger partial charge in [-0.15, -0.1) is 0 Å². The van der Waals surface area contributed by atoms with Crippen LogP contribution >= 0.6 is 0 Å². The summed E-state index contributed by atoms with van der Waals surface area (Å²) in [6.07, 6.45) is 0. The summed E-state index contributed by atoms with van der Waals surface area (Å²) in [7, 11) is 1.51. The number of nitrogens with zero attached hydrogens (tertiary/aromatic N) is 2. The molecule has 5 heteroatoms. The second-order valence-corrected chi connectivity index (χ2v) is 5.88. The van der Waals surface area contributed by atoms with Crippen LogP contribution in [-0.4, -0.2) is 61.5 Å². The lowest BCUT2D eigenvalue weighted by Crippen LogP contribution is -2.51. The Balaban J connectivity index is 1.93. The first-order chi connectivity index (χ1) is 10.5. The Hall–Kier alpha value is -1.88. The number of hydrogen-bond donors (Lipinski definition) is 0. The minimum absolute atomic E-state index is 0.0177. The van der Waals surface area contributed by atoms with Crippen LogP contribution in [0.15, 0.2) is 24.3 Å². The van der Waals surface area contributed by atoms with E-state index in [2.05, 4.69) is 13.8 Å². The fraction of sp³-hybridized carbons (Fsp3) is 0.529. The third-order valence-corrected chi connectivity index (χ3v) is 4.01.